The first kappa shape index (κ1) is 20.9. The molecule has 4 amide bonds. The summed E-state index contributed by atoms with van der Waals surface area (Å²) in [7, 11) is 1.54. The molecule has 3 aliphatic rings. The predicted octanol–water partition coefficient (Wildman–Crippen LogP) is 3.08. The summed E-state index contributed by atoms with van der Waals surface area (Å²) < 4.78 is 16.2. The summed E-state index contributed by atoms with van der Waals surface area (Å²) in [6, 6.07) is 9.55. The Morgan fingerprint density at radius 3 is 2.48 bits per heavy atom. The number of nitrogens with one attached hydrogen (secondary N) is 1. The molecule has 0 unspecified atom stereocenters. The molecule has 170 valence electrons. The third kappa shape index (κ3) is 3.86. The number of hydrogen-bond donors (Lipinski definition) is 1. The molecule has 3 heterocycles. The molecule has 0 radical (unpaired) electrons. The highest BCUT2D eigenvalue weighted by Crippen LogP contribution is 2.37. The number of rotatable bonds is 4. The third-order valence-electron chi connectivity index (χ3n) is 5.95. The molecule has 9 nitrogen and oxygen atoms in total. The summed E-state index contributed by atoms with van der Waals surface area (Å²) in [5.41, 5.74) is 1.70. The minimum atomic E-state index is -0.826. The van der Waals surface area contributed by atoms with Gasteiger partial charge in [0.1, 0.15) is 11.3 Å². The van der Waals surface area contributed by atoms with Gasteiger partial charge in [-0.25, -0.2) is 9.69 Å². The van der Waals surface area contributed by atoms with Gasteiger partial charge in [0.25, 0.3) is 11.8 Å². The van der Waals surface area contributed by atoms with Crippen molar-refractivity contribution < 1.29 is 28.6 Å². The molecule has 2 saturated heterocycles. The van der Waals surface area contributed by atoms with Gasteiger partial charge < -0.3 is 19.1 Å². The highest BCUT2D eigenvalue weighted by atomic mass is 16.7. The molecule has 3 aliphatic heterocycles. The average Bonchev–Trinajstić information content (AvgIpc) is 3.30. The first-order valence-corrected chi connectivity index (χ1v) is 10.8. The van der Waals surface area contributed by atoms with Crippen LogP contribution in [-0.4, -0.2) is 44.8 Å². The van der Waals surface area contributed by atoms with Crippen LogP contribution in [0.25, 0.3) is 6.08 Å². The molecular weight excluding hydrogens is 426 g/mol. The monoisotopic (exact) mass is 449 g/mol. The maximum atomic E-state index is 13.2. The highest BCUT2D eigenvalue weighted by molar-refractivity contribution is 6.39. The lowest BCUT2D eigenvalue weighted by atomic mass is 10.0. The number of benzene rings is 2. The summed E-state index contributed by atoms with van der Waals surface area (Å²) in [5.74, 6) is -0.00822. The van der Waals surface area contributed by atoms with Crippen molar-refractivity contribution in [2.24, 2.45) is 0 Å². The zero-order valence-electron chi connectivity index (χ0n) is 18.1. The van der Waals surface area contributed by atoms with E-state index in [4.69, 9.17) is 14.2 Å². The topological polar surface area (TPSA) is 97.4 Å². The number of piperidine rings is 1. The Bertz CT molecular complexity index is 1170. The second-order valence-corrected chi connectivity index (χ2v) is 7.97. The molecule has 0 aliphatic carbocycles. The maximum Gasteiger partial charge on any atom is 0.335 e. The molecule has 2 fully saturated rings. The van der Waals surface area contributed by atoms with Crippen molar-refractivity contribution in [3.63, 3.8) is 0 Å². The average molecular weight is 449 g/mol. The molecule has 0 bridgehead atoms. The third-order valence-corrected chi connectivity index (χ3v) is 5.95. The number of amides is 4. The molecular formula is C24H23N3O6. The Hall–Kier alpha value is -4.01. The number of carbonyl (C=O) groups excluding carboxylic acids is 3. The van der Waals surface area contributed by atoms with Crippen LogP contribution in [0.5, 0.6) is 17.2 Å². The van der Waals surface area contributed by atoms with Crippen LogP contribution < -0.4 is 29.3 Å². The van der Waals surface area contributed by atoms with Gasteiger partial charge in [-0.3, -0.25) is 14.9 Å². The zero-order valence-corrected chi connectivity index (χ0v) is 18.1. The molecule has 0 atom stereocenters. The van der Waals surface area contributed by atoms with Crippen molar-refractivity contribution >= 4 is 35.3 Å². The Kier molecular flexibility index (Phi) is 5.37. The van der Waals surface area contributed by atoms with Crippen molar-refractivity contribution in [1.82, 2.24) is 5.32 Å². The largest absolute Gasteiger partial charge is 0.496 e. The van der Waals surface area contributed by atoms with Crippen molar-refractivity contribution in [2.45, 2.75) is 19.3 Å². The van der Waals surface area contributed by atoms with E-state index >= 15 is 0 Å². The van der Waals surface area contributed by atoms with Gasteiger partial charge in [0.05, 0.1) is 12.8 Å². The fraction of sp³-hybridized carbons (Fsp3) is 0.292. The van der Waals surface area contributed by atoms with Crippen LogP contribution in [0.3, 0.4) is 0 Å². The smallest absolute Gasteiger partial charge is 0.335 e. The van der Waals surface area contributed by atoms with E-state index in [1.54, 1.807) is 19.2 Å². The number of carbonyl (C=O) groups is 3. The number of anilines is 2. The first-order chi connectivity index (χ1) is 16.0. The van der Waals surface area contributed by atoms with Gasteiger partial charge in [0.15, 0.2) is 11.5 Å². The second kappa shape index (κ2) is 8.50. The van der Waals surface area contributed by atoms with Gasteiger partial charge in [0, 0.05) is 36.5 Å². The Labute approximate surface area is 190 Å². The summed E-state index contributed by atoms with van der Waals surface area (Å²) in [4.78, 5) is 41.5. The van der Waals surface area contributed by atoms with Gasteiger partial charge >= 0.3 is 6.03 Å². The molecule has 0 aromatic heterocycles. The number of imide groups is 2. The molecule has 1 N–H and O–H groups in total. The first-order valence-electron chi connectivity index (χ1n) is 10.8. The van der Waals surface area contributed by atoms with E-state index in [0.717, 1.165) is 36.5 Å². The fourth-order valence-corrected chi connectivity index (χ4v) is 4.24. The van der Waals surface area contributed by atoms with E-state index in [2.05, 4.69) is 10.2 Å². The van der Waals surface area contributed by atoms with Crippen LogP contribution in [-0.2, 0) is 9.59 Å². The number of nitrogens with zero attached hydrogens (tertiary/aromatic N) is 2. The van der Waals surface area contributed by atoms with Crippen molar-refractivity contribution in [3.05, 3.63) is 47.5 Å². The van der Waals surface area contributed by atoms with Gasteiger partial charge in [-0.1, -0.05) is 0 Å². The van der Waals surface area contributed by atoms with E-state index in [1.807, 2.05) is 18.2 Å². The van der Waals surface area contributed by atoms with Gasteiger partial charge in [-0.05, 0) is 49.6 Å². The lowest BCUT2D eigenvalue weighted by Gasteiger charge is -2.29. The van der Waals surface area contributed by atoms with E-state index in [9.17, 15) is 14.4 Å². The van der Waals surface area contributed by atoms with Crippen LogP contribution in [0.1, 0.15) is 24.8 Å². The molecule has 5 rings (SSSR count). The van der Waals surface area contributed by atoms with E-state index in [-0.39, 0.29) is 18.1 Å². The number of hydrogen-bond acceptors (Lipinski definition) is 7. The van der Waals surface area contributed by atoms with Gasteiger partial charge in [0.2, 0.25) is 6.79 Å². The van der Waals surface area contributed by atoms with Crippen molar-refractivity contribution in [2.75, 3.05) is 36.8 Å². The van der Waals surface area contributed by atoms with Gasteiger partial charge in [-0.15, -0.1) is 0 Å². The van der Waals surface area contributed by atoms with Crippen LogP contribution >= 0.6 is 0 Å². The number of barbiturate groups is 1. The molecule has 33 heavy (non-hydrogen) atoms. The second-order valence-electron chi connectivity index (χ2n) is 7.97. The standard InChI is InChI=1S/C24H23N3O6/c1-31-20-12-16(26-9-3-2-4-10-26)6-5-15(20)11-18-22(28)25-24(30)27(23(18)29)17-7-8-19-21(13-17)33-14-32-19/h5-8,11-13H,2-4,9-10,14H2,1H3,(H,25,28,30)/b18-11+. The van der Waals surface area contributed by atoms with Crippen LogP contribution in [0.15, 0.2) is 42.0 Å². The normalized spacial score (nSPS) is 19.2. The lowest BCUT2D eigenvalue weighted by Crippen LogP contribution is -2.54. The minimum Gasteiger partial charge on any atom is -0.496 e. The molecule has 0 spiro atoms. The molecule has 2 aromatic rings. The van der Waals surface area contributed by atoms with Crippen LogP contribution in [0.2, 0.25) is 0 Å². The summed E-state index contributed by atoms with van der Waals surface area (Å²) in [6.45, 7) is 2.03. The van der Waals surface area contributed by atoms with E-state index in [1.165, 1.54) is 18.6 Å². The quantitative estimate of drug-likeness (QED) is 0.566. The number of urea groups is 1. The summed E-state index contributed by atoms with van der Waals surface area (Å²) in [5, 5.41) is 2.23. The summed E-state index contributed by atoms with van der Waals surface area (Å²) >= 11 is 0. The number of methoxy groups -OCH3 is 1. The minimum absolute atomic E-state index is 0.0653. The van der Waals surface area contributed by atoms with Crippen molar-refractivity contribution in [1.29, 1.82) is 0 Å². The van der Waals surface area contributed by atoms with Gasteiger partial charge in [-0.2, -0.15) is 0 Å². The van der Waals surface area contributed by atoms with Crippen molar-refractivity contribution in [3.8, 4) is 17.2 Å². The Morgan fingerprint density at radius 1 is 0.939 bits per heavy atom. The molecule has 2 aromatic carbocycles. The zero-order chi connectivity index (χ0) is 22.9. The molecule has 9 heteroatoms. The Balaban J connectivity index is 1.47. The molecule has 0 saturated carbocycles. The lowest BCUT2D eigenvalue weighted by molar-refractivity contribution is -0.122. The summed E-state index contributed by atoms with van der Waals surface area (Å²) in [6.07, 6.45) is 4.97. The Morgan fingerprint density at radius 2 is 1.70 bits per heavy atom. The fourth-order valence-electron chi connectivity index (χ4n) is 4.24. The van der Waals surface area contributed by atoms with E-state index < -0.39 is 17.8 Å². The number of ether oxygens (including phenoxy) is 3. The highest BCUT2D eigenvalue weighted by Gasteiger charge is 2.37. The number of fused-ring (bicyclic) bond motifs is 1. The van der Waals surface area contributed by atoms with E-state index in [0.29, 0.717) is 22.8 Å². The van der Waals surface area contributed by atoms with Crippen LogP contribution in [0, 0.1) is 0 Å². The maximum absolute atomic E-state index is 13.2. The SMILES string of the molecule is COc1cc(N2CCCCC2)ccc1/C=C1\C(=O)NC(=O)N(c2ccc3c(c2)OCO3)C1=O. The predicted molar refractivity (Wildman–Crippen MR) is 121 cm³/mol. The van der Waals surface area contributed by atoms with Crippen LogP contribution in [0.4, 0.5) is 16.2 Å².